The molecule has 0 fully saturated rings. The van der Waals surface area contributed by atoms with E-state index in [1.54, 1.807) is 14.1 Å². The highest BCUT2D eigenvalue weighted by Crippen LogP contribution is 2.05. The molecular weight excluding hydrogens is 188 g/mol. The van der Waals surface area contributed by atoms with Crippen LogP contribution >= 0.6 is 0 Å². The maximum Gasteiger partial charge on any atom is 0.192 e. The Morgan fingerprint density at radius 2 is 1.80 bits per heavy atom. The molecule has 4 nitrogen and oxygen atoms in total. The van der Waals surface area contributed by atoms with Gasteiger partial charge in [-0.15, -0.1) is 0 Å². The van der Waals surface area contributed by atoms with Gasteiger partial charge >= 0.3 is 0 Å². The molecule has 1 aliphatic heterocycles. The molecule has 0 atom stereocenters. The third kappa shape index (κ3) is 1.79. The molecule has 0 spiro atoms. The summed E-state index contributed by atoms with van der Waals surface area (Å²) in [6.45, 7) is 0. The van der Waals surface area contributed by atoms with Crippen molar-refractivity contribution >= 4 is 17.5 Å². The molecule has 2 rings (SSSR count). The van der Waals surface area contributed by atoms with Gasteiger partial charge in [0.1, 0.15) is 5.84 Å². The first-order valence-corrected chi connectivity index (χ1v) is 4.70. The summed E-state index contributed by atoms with van der Waals surface area (Å²) in [5.74, 6) is 2.17. The van der Waals surface area contributed by atoms with Crippen molar-refractivity contribution in [2.45, 2.75) is 0 Å². The van der Waals surface area contributed by atoms with Crippen molar-refractivity contribution in [1.82, 2.24) is 5.32 Å². The Labute approximate surface area is 88.5 Å². The van der Waals surface area contributed by atoms with Gasteiger partial charge in [-0.1, -0.05) is 30.3 Å². The minimum Gasteiger partial charge on any atom is -0.322 e. The number of nitrogens with zero attached hydrogens (tertiary/aromatic N) is 3. The molecule has 1 aromatic carbocycles. The van der Waals surface area contributed by atoms with Gasteiger partial charge in [0.25, 0.3) is 0 Å². The largest absolute Gasteiger partial charge is 0.322 e. The fraction of sp³-hybridized carbons (Fsp3) is 0.182. The first-order chi connectivity index (χ1) is 7.35. The Morgan fingerprint density at radius 3 is 2.33 bits per heavy atom. The molecule has 76 valence electrons. The molecule has 0 bridgehead atoms. The van der Waals surface area contributed by atoms with Gasteiger partial charge in [0.05, 0.1) is 0 Å². The van der Waals surface area contributed by atoms with Crippen LogP contribution in [0.3, 0.4) is 0 Å². The molecule has 0 aliphatic carbocycles. The van der Waals surface area contributed by atoms with E-state index in [2.05, 4.69) is 20.3 Å². The molecule has 1 N–H and O–H groups in total. The van der Waals surface area contributed by atoms with Crippen LogP contribution in [0.2, 0.25) is 0 Å². The van der Waals surface area contributed by atoms with Crippen LogP contribution in [0.4, 0.5) is 0 Å². The van der Waals surface area contributed by atoms with E-state index in [1.807, 2.05) is 30.3 Å². The van der Waals surface area contributed by atoms with Crippen molar-refractivity contribution in [2.24, 2.45) is 15.0 Å². The summed E-state index contributed by atoms with van der Waals surface area (Å²) in [7, 11) is 3.43. The molecule has 4 heteroatoms. The van der Waals surface area contributed by atoms with Crippen molar-refractivity contribution in [3.05, 3.63) is 35.9 Å². The quantitative estimate of drug-likeness (QED) is 0.725. The summed E-state index contributed by atoms with van der Waals surface area (Å²) in [6.07, 6.45) is 0. The van der Waals surface area contributed by atoms with Crippen LogP contribution in [0.25, 0.3) is 0 Å². The summed E-state index contributed by atoms with van der Waals surface area (Å²) >= 11 is 0. The lowest BCUT2D eigenvalue weighted by Gasteiger charge is -2.00. The van der Waals surface area contributed by atoms with E-state index in [-0.39, 0.29) is 0 Å². The number of amidine groups is 3. The number of benzene rings is 1. The number of hydrogen-bond donors (Lipinski definition) is 1. The van der Waals surface area contributed by atoms with Crippen molar-refractivity contribution in [3.63, 3.8) is 0 Å². The molecule has 0 amide bonds. The Morgan fingerprint density at radius 1 is 1.07 bits per heavy atom. The molecule has 0 unspecified atom stereocenters. The molecular formula is C11H12N4. The zero-order valence-corrected chi connectivity index (χ0v) is 8.73. The van der Waals surface area contributed by atoms with E-state index in [1.165, 1.54) is 0 Å². The summed E-state index contributed by atoms with van der Waals surface area (Å²) in [5.41, 5.74) is 1.04. The van der Waals surface area contributed by atoms with Gasteiger partial charge in [-0.05, 0) is 0 Å². The van der Waals surface area contributed by atoms with Crippen molar-refractivity contribution in [2.75, 3.05) is 14.1 Å². The zero-order valence-electron chi connectivity index (χ0n) is 8.73. The second-order valence-electron chi connectivity index (χ2n) is 3.07. The number of hydrogen-bond acceptors (Lipinski definition) is 2. The van der Waals surface area contributed by atoms with E-state index in [4.69, 9.17) is 0 Å². The fourth-order valence-corrected chi connectivity index (χ4v) is 1.40. The monoisotopic (exact) mass is 200 g/mol. The third-order valence-electron chi connectivity index (χ3n) is 2.15. The molecule has 1 aliphatic rings. The molecule has 0 radical (unpaired) electrons. The minimum absolute atomic E-state index is 0.649. The molecule has 1 heterocycles. The van der Waals surface area contributed by atoms with Crippen LogP contribution in [0.1, 0.15) is 5.56 Å². The summed E-state index contributed by atoms with van der Waals surface area (Å²) in [4.78, 5) is 12.5. The van der Waals surface area contributed by atoms with Crippen LogP contribution in [-0.4, -0.2) is 31.6 Å². The smallest absolute Gasteiger partial charge is 0.192 e. The van der Waals surface area contributed by atoms with E-state index >= 15 is 0 Å². The van der Waals surface area contributed by atoms with Gasteiger partial charge in [-0.3, -0.25) is 9.98 Å². The first kappa shape index (κ1) is 9.58. The van der Waals surface area contributed by atoms with E-state index in [9.17, 15) is 0 Å². The summed E-state index contributed by atoms with van der Waals surface area (Å²) in [5, 5.41) is 3.13. The average molecular weight is 200 g/mol. The Balaban J connectivity index is 2.36. The first-order valence-electron chi connectivity index (χ1n) is 4.70. The molecule has 0 saturated carbocycles. The number of rotatable bonds is 1. The van der Waals surface area contributed by atoms with Gasteiger partial charge < -0.3 is 5.32 Å². The van der Waals surface area contributed by atoms with Crippen LogP contribution in [0.15, 0.2) is 45.3 Å². The Hall–Kier alpha value is -1.97. The van der Waals surface area contributed by atoms with E-state index < -0.39 is 0 Å². The van der Waals surface area contributed by atoms with Gasteiger partial charge in [0.2, 0.25) is 0 Å². The predicted octanol–water partition coefficient (Wildman–Crippen LogP) is 1.09. The van der Waals surface area contributed by atoms with Crippen molar-refractivity contribution in [1.29, 1.82) is 0 Å². The maximum absolute atomic E-state index is 4.35. The van der Waals surface area contributed by atoms with Gasteiger partial charge in [0.15, 0.2) is 11.7 Å². The highest BCUT2D eigenvalue weighted by molar-refractivity contribution is 6.49. The van der Waals surface area contributed by atoms with Crippen LogP contribution in [0, 0.1) is 0 Å². The number of aliphatic imine (C=N–C) groups is 3. The second kappa shape index (κ2) is 4.04. The lowest BCUT2D eigenvalue weighted by Crippen LogP contribution is -2.27. The third-order valence-corrected chi connectivity index (χ3v) is 2.15. The zero-order chi connectivity index (χ0) is 10.7. The molecule has 0 aromatic heterocycles. The molecule has 0 saturated heterocycles. The van der Waals surface area contributed by atoms with Gasteiger partial charge in [0, 0.05) is 19.7 Å². The predicted molar refractivity (Wildman–Crippen MR) is 62.8 cm³/mol. The van der Waals surface area contributed by atoms with Crippen molar-refractivity contribution in [3.8, 4) is 0 Å². The van der Waals surface area contributed by atoms with Crippen LogP contribution in [0.5, 0.6) is 0 Å². The standard InChI is InChI=1S/C11H12N4/c1-12-10-11(13-2)15-9(14-10)8-6-4-3-5-7-8/h3-7H,1-2H3,(H,12,13,14,15). The van der Waals surface area contributed by atoms with Gasteiger partial charge in [-0.25, -0.2) is 4.99 Å². The molecule has 15 heavy (non-hydrogen) atoms. The average Bonchev–Trinajstić information content (AvgIpc) is 2.73. The maximum atomic E-state index is 4.35. The lowest BCUT2D eigenvalue weighted by atomic mass is 10.2. The number of nitrogens with one attached hydrogen (secondary N) is 1. The highest BCUT2D eigenvalue weighted by atomic mass is 15.2. The summed E-state index contributed by atoms with van der Waals surface area (Å²) < 4.78 is 0. The van der Waals surface area contributed by atoms with Crippen LogP contribution < -0.4 is 5.32 Å². The normalized spacial score (nSPS) is 20.5. The van der Waals surface area contributed by atoms with E-state index in [0.717, 1.165) is 17.2 Å². The Bertz CT molecular complexity index is 443. The van der Waals surface area contributed by atoms with E-state index in [0.29, 0.717) is 5.84 Å². The lowest BCUT2D eigenvalue weighted by molar-refractivity contribution is 1.33. The minimum atomic E-state index is 0.649. The van der Waals surface area contributed by atoms with Crippen molar-refractivity contribution < 1.29 is 0 Å². The molecule has 1 aromatic rings. The topological polar surface area (TPSA) is 49.1 Å². The van der Waals surface area contributed by atoms with Crippen LogP contribution in [-0.2, 0) is 0 Å². The fourth-order valence-electron chi connectivity index (χ4n) is 1.40. The summed E-state index contributed by atoms with van der Waals surface area (Å²) in [6, 6.07) is 9.92. The SMILES string of the molecule is CN=C1N=C(c2ccccc2)NC1=NC. The second-order valence-corrected chi connectivity index (χ2v) is 3.07. The highest BCUT2D eigenvalue weighted by Gasteiger charge is 2.18. The van der Waals surface area contributed by atoms with Gasteiger partial charge in [-0.2, -0.15) is 0 Å². The Kier molecular flexibility index (Phi) is 2.58.